The van der Waals surface area contributed by atoms with Crippen molar-refractivity contribution in [2.24, 2.45) is 0 Å². The molecule has 0 saturated heterocycles. The summed E-state index contributed by atoms with van der Waals surface area (Å²) >= 11 is 0. The third kappa shape index (κ3) is 1.69. The van der Waals surface area contributed by atoms with E-state index in [1.54, 1.807) is 0 Å². The fourth-order valence-electron chi connectivity index (χ4n) is 0.765. The van der Waals surface area contributed by atoms with E-state index in [0.717, 1.165) is 0 Å². The zero-order chi connectivity index (χ0) is 8.97. The lowest BCUT2D eigenvalue weighted by molar-refractivity contribution is -0.141. The second-order valence-electron chi connectivity index (χ2n) is 2.14. The van der Waals surface area contributed by atoms with Crippen LogP contribution < -0.4 is 0 Å². The van der Waals surface area contributed by atoms with Crippen LogP contribution in [0.1, 0.15) is 10.5 Å². The van der Waals surface area contributed by atoms with Gasteiger partial charge in [-0.1, -0.05) is 0 Å². The van der Waals surface area contributed by atoms with Gasteiger partial charge in [0, 0.05) is 0 Å². The van der Waals surface area contributed by atoms with Crippen LogP contribution in [0.4, 0.5) is 0 Å². The number of ether oxygens (including phenoxy) is 1. The van der Waals surface area contributed by atoms with Crippen LogP contribution in [-0.4, -0.2) is 28.9 Å². The molecule has 0 N–H and O–H groups in total. The zero-order valence-corrected chi connectivity index (χ0v) is 6.56. The van der Waals surface area contributed by atoms with Crippen LogP contribution in [0.25, 0.3) is 0 Å². The van der Waals surface area contributed by atoms with E-state index in [1.165, 1.54) is 24.2 Å². The van der Waals surface area contributed by atoms with Crippen molar-refractivity contribution in [1.29, 1.82) is 0 Å². The molecule has 64 valence electrons. The first-order valence-electron chi connectivity index (χ1n) is 3.30. The van der Waals surface area contributed by atoms with Crippen LogP contribution in [-0.2, 0) is 16.1 Å². The van der Waals surface area contributed by atoms with Crippen LogP contribution in [0.2, 0.25) is 0 Å². The molecule has 0 spiro atoms. The fraction of sp³-hybridized carbons (Fsp3) is 0.286. The highest BCUT2D eigenvalue weighted by molar-refractivity contribution is 5.74. The summed E-state index contributed by atoms with van der Waals surface area (Å²) in [6.07, 6.45) is 3.42. The standard InChI is InChI=1S/C7H8N2O3/c1-12-7(11)3-9-5-8-2-6(9)4-10/h2,4-5H,3H2,1H3. The van der Waals surface area contributed by atoms with Gasteiger partial charge in [0.05, 0.1) is 19.6 Å². The van der Waals surface area contributed by atoms with Gasteiger partial charge >= 0.3 is 5.97 Å². The van der Waals surface area contributed by atoms with Gasteiger partial charge in [0.2, 0.25) is 0 Å². The van der Waals surface area contributed by atoms with Gasteiger partial charge in [0.25, 0.3) is 0 Å². The van der Waals surface area contributed by atoms with Gasteiger partial charge in [-0.25, -0.2) is 4.98 Å². The monoisotopic (exact) mass is 168 g/mol. The molecule has 0 amide bonds. The average Bonchev–Trinajstić information content (AvgIpc) is 2.51. The molecule has 0 radical (unpaired) electrons. The Hall–Kier alpha value is -1.65. The fourth-order valence-corrected chi connectivity index (χ4v) is 0.765. The molecule has 1 rings (SSSR count). The molecule has 0 fully saturated rings. The molecular formula is C7H8N2O3. The molecule has 5 nitrogen and oxygen atoms in total. The number of rotatable bonds is 3. The Morgan fingerprint density at radius 2 is 2.58 bits per heavy atom. The Morgan fingerprint density at radius 3 is 3.17 bits per heavy atom. The van der Waals surface area contributed by atoms with Crippen LogP contribution in [0.5, 0.6) is 0 Å². The topological polar surface area (TPSA) is 61.2 Å². The predicted molar refractivity (Wildman–Crippen MR) is 39.6 cm³/mol. The summed E-state index contributed by atoms with van der Waals surface area (Å²) in [5, 5.41) is 0. The van der Waals surface area contributed by atoms with Crippen molar-refractivity contribution in [1.82, 2.24) is 9.55 Å². The predicted octanol–water partition coefficient (Wildman–Crippen LogP) is -0.131. The number of hydrogen-bond acceptors (Lipinski definition) is 4. The third-order valence-electron chi connectivity index (χ3n) is 1.39. The molecule has 0 aromatic carbocycles. The maximum Gasteiger partial charge on any atom is 0.325 e. The highest BCUT2D eigenvalue weighted by Crippen LogP contribution is 1.95. The average molecular weight is 168 g/mol. The van der Waals surface area contributed by atoms with E-state index in [-0.39, 0.29) is 6.54 Å². The molecule has 0 aliphatic heterocycles. The minimum Gasteiger partial charge on any atom is -0.468 e. The number of aromatic nitrogens is 2. The normalized spacial score (nSPS) is 9.42. The molecule has 0 unspecified atom stereocenters. The summed E-state index contributed by atoms with van der Waals surface area (Å²) < 4.78 is 5.84. The van der Waals surface area contributed by atoms with E-state index in [9.17, 15) is 9.59 Å². The molecule has 1 aromatic rings. The van der Waals surface area contributed by atoms with Gasteiger partial charge in [-0.3, -0.25) is 9.59 Å². The number of carbonyl (C=O) groups excluding carboxylic acids is 2. The van der Waals surface area contributed by atoms with Crippen molar-refractivity contribution in [2.45, 2.75) is 6.54 Å². The molecule has 0 saturated carbocycles. The SMILES string of the molecule is COC(=O)Cn1cncc1C=O. The van der Waals surface area contributed by atoms with Gasteiger partial charge in [0.15, 0.2) is 6.29 Å². The van der Waals surface area contributed by atoms with Crippen LogP contribution in [0, 0.1) is 0 Å². The Bertz CT molecular complexity index is 293. The molecule has 0 aliphatic rings. The van der Waals surface area contributed by atoms with E-state index < -0.39 is 5.97 Å². The second-order valence-corrected chi connectivity index (χ2v) is 2.14. The van der Waals surface area contributed by atoms with Crippen molar-refractivity contribution in [3.05, 3.63) is 18.2 Å². The summed E-state index contributed by atoms with van der Waals surface area (Å²) in [4.78, 5) is 24.8. The molecule has 0 atom stereocenters. The van der Waals surface area contributed by atoms with Crippen molar-refractivity contribution < 1.29 is 14.3 Å². The lowest BCUT2D eigenvalue weighted by Crippen LogP contribution is -2.12. The number of nitrogens with zero attached hydrogens (tertiary/aromatic N) is 2. The highest BCUT2D eigenvalue weighted by Gasteiger charge is 2.05. The van der Waals surface area contributed by atoms with Crippen LogP contribution >= 0.6 is 0 Å². The molecule has 5 heteroatoms. The van der Waals surface area contributed by atoms with Crippen LogP contribution in [0.3, 0.4) is 0 Å². The third-order valence-corrected chi connectivity index (χ3v) is 1.39. The molecule has 12 heavy (non-hydrogen) atoms. The molecule has 0 aliphatic carbocycles. The first-order valence-corrected chi connectivity index (χ1v) is 3.30. The number of carbonyl (C=O) groups is 2. The second kappa shape index (κ2) is 3.66. The van der Waals surface area contributed by atoms with Crippen molar-refractivity contribution in [3.8, 4) is 0 Å². The maximum absolute atomic E-state index is 10.8. The van der Waals surface area contributed by atoms with E-state index in [0.29, 0.717) is 12.0 Å². The van der Waals surface area contributed by atoms with Crippen molar-refractivity contribution in [2.75, 3.05) is 7.11 Å². The van der Waals surface area contributed by atoms with E-state index in [2.05, 4.69) is 9.72 Å². The van der Waals surface area contributed by atoms with Crippen molar-refractivity contribution >= 4 is 12.3 Å². The number of methoxy groups -OCH3 is 1. The van der Waals surface area contributed by atoms with E-state index in [4.69, 9.17) is 0 Å². The van der Waals surface area contributed by atoms with Gasteiger partial charge in [-0.15, -0.1) is 0 Å². The lowest BCUT2D eigenvalue weighted by Gasteiger charge is -2.00. The first kappa shape index (κ1) is 8.45. The van der Waals surface area contributed by atoms with Gasteiger partial charge in [-0.05, 0) is 0 Å². The molecule has 1 heterocycles. The van der Waals surface area contributed by atoms with Crippen LogP contribution in [0.15, 0.2) is 12.5 Å². The Kier molecular flexibility index (Phi) is 2.57. The summed E-state index contributed by atoms with van der Waals surface area (Å²) in [5.74, 6) is -0.406. The Balaban J connectivity index is 2.74. The molecule has 0 bridgehead atoms. The van der Waals surface area contributed by atoms with Crippen molar-refractivity contribution in [3.63, 3.8) is 0 Å². The zero-order valence-electron chi connectivity index (χ0n) is 6.56. The maximum atomic E-state index is 10.8. The first-order chi connectivity index (χ1) is 5.77. The number of hydrogen-bond donors (Lipinski definition) is 0. The Labute approximate surface area is 69.0 Å². The number of esters is 1. The van der Waals surface area contributed by atoms with Gasteiger partial charge in [0.1, 0.15) is 12.2 Å². The number of imidazole rings is 1. The highest BCUT2D eigenvalue weighted by atomic mass is 16.5. The largest absolute Gasteiger partial charge is 0.468 e. The molecule has 1 aromatic heterocycles. The summed E-state index contributed by atoms with van der Waals surface area (Å²) in [6.45, 7) is 0.0184. The smallest absolute Gasteiger partial charge is 0.325 e. The van der Waals surface area contributed by atoms with E-state index in [1.807, 2.05) is 0 Å². The Morgan fingerprint density at radius 1 is 1.83 bits per heavy atom. The lowest BCUT2D eigenvalue weighted by atomic mass is 10.5. The summed E-state index contributed by atoms with van der Waals surface area (Å²) in [5.41, 5.74) is 0.361. The summed E-state index contributed by atoms with van der Waals surface area (Å²) in [6, 6.07) is 0. The minimum atomic E-state index is -0.406. The van der Waals surface area contributed by atoms with Gasteiger partial charge < -0.3 is 9.30 Å². The number of aldehydes is 1. The molecular weight excluding hydrogens is 160 g/mol. The van der Waals surface area contributed by atoms with E-state index >= 15 is 0 Å². The van der Waals surface area contributed by atoms with Gasteiger partial charge in [-0.2, -0.15) is 0 Å². The quantitative estimate of drug-likeness (QED) is 0.466. The summed E-state index contributed by atoms with van der Waals surface area (Å²) in [7, 11) is 1.29. The minimum absolute atomic E-state index is 0.0184.